The number of fused-ring (bicyclic) bond motifs is 1. The van der Waals surface area contributed by atoms with Crippen LogP contribution < -0.4 is 4.90 Å². The number of carboxylic acids is 2. The summed E-state index contributed by atoms with van der Waals surface area (Å²) in [5.41, 5.74) is 2.74. The number of hydrogen-bond donors (Lipinski definition) is 2. The first-order valence-corrected chi connectivity index (χ1v) is 11.2. The molecule has 31 heavy (non-hydrogen) atoms. The van der Waals surface area contributed by atoms with Gasteiger partial charge >= 0.3 is 11.9 Å². The highest BCUT2D eigenvalue weighted by atomic mass is 35.5. The SMILES string of the molecule is O=C(O)C(Cc1cccc(CN2CCN(c3nc4ccc(Cl)cc4s3)CC2)c1)C(=O)O. The Bertz CT molecular complexity index is 1100. The maximum Gasteiger partial charge on any atom is 0.318 e. The Kier molecular flexibility index (Phi) is 6.41. The van der Waals surface area contributed by atoms with Crippen molar-refractivity contribution in [3.8, 4) is 0 Å². The number of benzene rings is 2. The molecule has 2 N–H and O–H groups in total. The van der Waals surface area contributed by atoms with Crippen molar-refractivity contribution in [3.05, 3.63) is 58.6 Å². The first-order valence-electron chi connectivity index (χ1n) is 9.96. The number of carboxylic acid groups (broad SMARTS) is 2. The first-order chi connectivity index (χ1) is 14.9. The van der Waals surface area contributed by atoms with Gasteiger partial charge in [-0.3, -0.25) is 14.5 Å². The summed E-state index contributed by atoms with van der Waals surface area (Å²) in [6, 6.07) is 13.3. The van der Waals surface area contributed by atoms with Crippen LogP contribution in [0.3, 0.4) is 0 Å². The van der Waals surface area contributed by atoms with Gasteiger partial charge < -0.3 is 15.1 Å². The fraction of sp³-hybridized carbons (Fsp3) is 0.318. The monoisotopic (exact) mass is 459 g/mol. The molecule has 9 heteroatoms. The highest BCUT2D eigenvalue weighted by Crippen LogP contribution is 2.31. The van der Waals surface area contributed by atoms with Crippen LogP contribution in [0.1, 0.15) is 11.1 Å². The molecule has 4 rings (SSSR count). The molecule has 162 valence electrons. The van der Waals surface area contributed by atoms with Gasteiger partial charge in [0.1, 0.15) is 0 Å². The Labute approximate surface area is 188 Å². The number of piperazine rings is 1. The van der Waals surface area contributed by atoms with Crippen LogP contribution in [0.25, 0.3) is 10.2 Å². The highest BCUT2D eigenvalue weighted by Gasteiger charge is 2.26. The molecule has 2 heterocycles. The van der Waals surface area contributed by atoms with E-state index in [2.05, 4.69) is 9.80 Å². The molecule has 0 amide bonds. The average molecular weight is 460 g/mol. The minimum atomic E-state index is -1.43. The molecule has 1 aliphatic heterocycles. The minimum Gasteiger partial charge on any atom is -0.481 e. The number of hydrogen-bond acceptors (Lipinski definition) is 6. The summed E-state index contributed by atoms with van der Waals surface area (Å²) in [4.78, 5) is 31.7. The van der Waals surface area contributed by atoms with Crippen LogP contribution in [0.15, 0.2) is 42.5 Å². The van der Waals surface area contributed by atoms with Gasteiger partial charge in [0.15, 0.2) is 11.0 Å². The standard InChI is InChI=1S/C22H22ClN3O4S/c23-16-4-5-18-19(12-16)31-22(24-18)26-8-6-25(7-9-26)13-15-3-1-2-14(10-15)11-17(20(27)28)21(29)30/h1-5,10,12,17H,6-9,11,13H2,(H,27,28)(H,29,30). The molecule has 0 bridgehead atoms. The number of aliphatic carboxylic acids is 2. The summed E-state index contributed by atoms with van der Waals surface area (Å²) in [6.07, 6.45) is -0.0199. The first kappa shape index (κ1) is 21.5. The molecule has 1 aliphatic rings. The van der Waals surface area contributed by atoms with Gasteiger partial charge in [0.2, 0.25) is 0 Å². The topological polar surface area (TPSA) is 94.0 Å². The second-order valence-corrected chi connectivity index (χ2v) is 9.07. The molecule has 0 unspecified atom stereocenters. The molecule has 3 aromatic rings. The van der Waals surface area contributed by atoms with Gasteiger partial charge in [0.25, 0.3) is 0 Å². The van der Waals surface area contributed by atoms with Crippen molar-refractivity contribution < 1.29 is 19.8 Å². The van der Waals surface area contributed by atoms with Crippen LogP contribution in [-0.2, 0) is 22.6 Å². The molecule has 0 atom stereocenters. The normalized spacial score (nSPS) is 15.0. The van der Waals surface area contributed by atoms with Crippen LogP contribution in [-0.4, -0.2) is 58.2 Å². The van der Waals surface area contributed by atoms with E-state index in [1.807, 2.05) is 36.4 Å². The third-order valence-corrected chi connectivity index (χ3v) is 6.73. The number of aromatic nitrogens is 1. The van der Waals surface area contributed by atoms with Crippen molar-refractivity contribution in [1.29, 1.82) is 0 Å². The third kappa shape index (κ3) is 5.15. The maximum atomic E-state index is 11.2. The van der Waals surface area contributed by atoms with E-state index in [1.165, 1.54) is 0 Å². The maximum absolute atomic E-state index is 11.2. The Hall–Kier alpha value is -2.68. The van der Waals surface area contributed by atoms with Crippen LogP contribution >= 0.6 is 22.9 Å². The summed E-state index contributed by atoms with van der Waals surface area (Å²) in [7, 11) is 0. The third-order valence-electron chi connectivity index (χ3n) is 5.42. The molecular weight excluding hydrogens is 438 g/mol. The van der Waals surface area contributed by atoms with Crippen LogP contribution in [0.4, 0.5) is 5.13 Å². The van der Waals surface area contributed by atoms with Crippen molar-refractivity contribution in [2.45, 2.75) is 13.0 Å². The van der Waals surface area contributed by atoms with Crippen LogP contribution in [0, 0.1) is 5.92 Å². The fourth-order valence-corrected chi connectivity index (χ4v) is 5.04. The lowest BCUT2D eigenvalue weighted by Crippen LogP contribution is -2.45. The molecule has 1 aromatic heterocycles. The molecule has 0 spiro atoms. The van der Waals surface area contributed by atoms with E-state index in [-0.39, 0.29) is 6.42 Å². The van der Waals surface area contributed by atoms with Crippen LogP contribution in [0.2, 0.25) is 5.02 Å². The van der Waals surface area contributed by atoms with E-state index in [0.29, 0.717) is 5.02 Å². The van der Waals surface area contributed by atoms with Crippen molar-refractivity contribution in [1.82, 2.24) is 9.88 Å². The molecule has 2 aromatic carbocycles. The van der Waals surface area contributed by atoms with Crippen molar-refractivity contribution >= 4 is 50.2 Å². The molecule has 7 nitrogen and oxygen atoms in total. The largest absolute Gasteiger partial charge is 0.481 e. The van der Waals surface area contributed by atoms with Gasteiger partial charge in [-0.05, 0) is 35.7 Å². The molecular formula is C22H22ClN3O4S. The summed E-state index contributed by atoms with van der Waals surface area (Å²) >= 11 is 7.73. The van der Waals surface area contributed by atoms with Crippen molar-refractivity contribution in [3.63, 3.8) is 0 Å². The Morgan fingerprint density at radius 3 is 2.45 bits per heavy atom. The molecule has 0 radical (unpaired) electrons. The lowest BCUT2D eigenvalue weighted by molar-refractivity contribution is -0.154. The Balaban J connectivity index is 1.36. The average Bonchev–Trinajstić information content (AvgIpc) is 3.15. The number of halogens is 1. The summed E-state index contributed by atoms with van der Waals surface area (Å²) in [6.45, 7) is 4.24. The zero-order chi connectivity index (χ0) is 22.0. The second kappa shape index (κ2) is 9.21. The summed E-state index contributed by atoms with van der Waals surface area (Å²) in [5, 5.41) is 19.9. The van der Waals surface area contributed by atoms with Gasteiger partial charge in [-0.1, -0.05) is 47.2 Å². The Morgan fingerprint density at radius 1 is 1.03 bits per heavy atom. The molecule has 0 saturated carbocycles. The smallest absolute Gasteiger partial charge is 0.318 e. The van der Waals surface area contributed by atoms with E-state index >= 15 is 0 Å². The Morgan fingerprint density at radius 2 is 1.74 bits per heavy atom. The number of anilines is 1. The van der Waals surface area contributed by atoms with Gasteiger partial charge in [0.05, 0.1) is 10.2 Å². The number of thiazole rings is 1. The molecule has 1 fully saturated rings. The zero-order valence-electron chi connectivity index (χ0n) is 16.7. The number of nitrogens with zero attached hydrogens (tertiary/aromatic N) is 3. The predicted octanol–water partition coefficient (Wildman–Crippen LogP) is 3.60. The predicted molar refractivity (Wildman–Crippen MR) is 121 cm³/mol. The van der Waals surface area contributed by atoms with Crippen molar-refractivity contribution in [2.75, 3.05) is 31.1 Å². The summed E-state index contributed by atoms with van der Waals surface area (Å²) in [5.74, 6) is -4.06. The van der Waals surface area contributed by atoms with Gasteiger partial charge in [-0.2, -0.15) is 0 Å². The zero-order valence-corrected chi connectivity index (χ0v) is 18.3. The number of carbonyl (C=O) groups is 2. The molecule has 0 aliphatic carbocycles. The summed E-state index contributed by atoms with van der Waals surface area (Å²) < 4.78 is 1.09. The quantitative estimate of drug-likeness (QED) is 0.521. The van der Waals surface area contributed by atoms with Gasteiger partial charge in [-0.25, -0.2) is 4.98 Å². The number of rotatable bonds is 7. The van der Waals surface area contributed by atoms with E-state index < -0.39 is 17.9 Å². The van der Waals surface area contributed by atoms with E-state index in [0.717, 1.165) is 59.2 Å². The van der Waals surface area contributed by atoms with Crippen LogP contribution in [0.5, 0.6) is 0 Å². The molecule has 1 saturated heterocycles. The highest BCUT2D eigenvalue weighted by molar-refractivity contribution is 7.22. The van der Waals surface area contributed by atoms with Gasteiger partial charge in [-0.15, -0.1) is 0 Å². The van der Waals surface area contributed by atoms with Gasteiger partial charge in [0, 0.05) is 37.7 Å². The lowest BCUT2D eigenvalue weighted by atomic mass is 9.98. The fourth-order valence-electron chi connectivity index (χ4n) is 3.75. The van der Waals surface area contributed by atoms with E-state index in [9.17, 15) is 9.59 Å². The van der Waals surface area contributed by atoms with E-state index in [1.54, 1.807) is 17.4 Å². The van der Waals surface area contributed by atoms with Crippen molar-refractivity contribution in [2.24, 2.45) is 5.92 Å². The second-order valence-electron chi connectivity index (χ2n) is 7.62. The minimum absolute atomic E-state index is 0.0199. The lowest BCUT2D eigenvalue weighted by Gasteiger charge is -2.34. The van der Waals surface area contributed by atoms with E-state index in [4.69, 9.17) is 26.8 Å².